The van der Waals surface area contributed by atoms with Gasteiger partial charge >= 0.3 is 0 Å². The normalized spacial score (nSPS) is 12.8. The molecule has 1 aromatic rings. The summed E-state index contributed by atoms with van der Waals surface area (Å²) in [5.41, 5.74) is 6.87. The number of ether oxygens (including phenoxy) is 1. The molecule has 0 bridgehead atoms. The molecule has 3 nitrogen and oxygen atoms in total. The van der Waals surface area contributed by atoms with Crippen LogP contribution in [0, 0.1) is 0 Å². The third-order valence-corrected chi connectivity index (χ3v) is 3.21. The van der Waals surface area contributed by atoms with Gasteiger partial charge in [-0.05, 0) is 32.5 Å². The van der Waals surface area contributed by atoms with E-state index in [-0.39, 0.29) is 0 Å². The van der Waals surface area contributed by atoms with Gasteiger partial charge in [0.2, 0.25) is 0 Å². The van der Waals surface area contributed by atoms with Gasteiger partial charge in [0.1, 0.15) is 5.75 Å². The van der Waals surface area contributed by atoms with Gasteiger partial charge in [-0.25, -0.2) is 0 Å². The lowest BCUT2D eigenvalue weighted by atomic mass is 10.1. The van der Waals surface area contributed by atoms with Crippen LogP contribution in [-0.4, -0.2) is 31.6 Å². The summed E-state index contributed by atoms with van der Waals surface area (Å²) in [7, 11) is 3.87. The molecule has 0 aliphatic heterocycles. The topological polar surface area (TPSA) is 38.5 Å². The Morgan fingerprint density at radius 3 is 2.65 bits per heavy atom. The van der Waals surface area contributed by atoms with E-state index in [0.29, 0.717) is 6.04 Å². The van der Waals surface area contributed by atoms with E-state index >= 15 is 0 Å². The molecular formula is C14H24N2O. The second kappa shape index (κ2) is 7.30. The van der Waals surface area contributed by atoms with Crippen LogP contribution in [0.3, 0.4) is 0 Å². The van der Waals surface area contributed by atoms with Crippen LogP contribution in [0.2, 0.25) is 0 Å². The molecule has 0 amide bonds. The third kappa shape index (κ3) is 4.02. The van der Waals surface area contributed by atoms with Gasteiger partial charge in [-0.3, -0.25) is 4.90 Å². The third-order valence-electron chi connectivity index (χ3n) is 3.21. The zero-order chi connectivity index (χ0) is 12.7. The highest BCUT2D eigenvalue weighted by molar-refractivity contribution is 5.33. The van der Waals surface area contributed by atoms with Crippen LogP contribution in [0.5, 0.6) is 5.75 Å². The van der Waals surface area contributed by atoms with Crippen molar-refractivity contribution in [2.75, 3.05) is 20.7 Å². The van der Waals surface area contributed by atoms with Crippen molar-refractivity contribution < 1.29 is 4.74 Å². The van der Waals surface area contributed by atoms with Crippen LogP contribution in [-0.2, 0) is 6.54 Å². The summed E-state index contributed by atoms with van der Waals surface area (Å²) in [6, 6.07) is 8.72. The maximum Gasteiger partial charge on any atom is 0.123 e. The standard InChI is InChI=1S/C14H24N2O/c1-4-13(9-10-15)16(2)11-12-7-5-6-8-14(12)17-3/h5-8,13H,4,9-11,15H2,1-3H3. The summed E-state index contributed by atoms with van der Waals surface area (Å²) in [5.74, 6) is 0.960. The molecule has 0 aliphatic rings. The van der Waals surface area contributed by atoms with E-state index in [1.807, 2.05) is 12.1 Å². The minimum Gasteiger partial charge on any atom is -0.496 e. The van der Waals surface area contributed by atoms with Crippen LogP contribution in [0.15, 0.2) is 24.3 Å². The fraction of sp³-hybridized carbons (Fsp3) is 0.571. The number of methoxy groups -OCH3 is 1. The Balaban J connectivity index is 2.68. The fourth-order valence-corrected chi connectivity index (χ4v) is 2.16. The molecule has 0 radical (unpaired) electrons. The molecule has 3 heteroatoms. The molecule has 1 unspecified atom stereocenters. The van der Waals surface area contributed by atoms with Gasteiger partial charge in [-0.2, -0.15) is 0 Å². The zero-order valence-electron chi connectivity index (χ0n) is 11.1. The maximum absolute atomic E-state index is 5.64. The van der Waals surface area contributed by atoms with Crippen molar-refractivity contribution in [3.8, 4) is 5.75 Å². The molecule has 0 heterocycles. The fourth-order valence-electron chi connectivity index (χ4n) is 2.16. The first-order valence-electron chi connectivity index (χ1n) is 6.25. The number of nitrogens with zero attached hydrogens (tertiary/aromatic N) is 1. The molecule has 1 rings (SSSR count). The average Bonchev–Trinajstić information content (AvgIpc) is 2.36. The highest BCUT2D eigenvalue weighted by Crippen LogP contribution is 2.20. The van der Waals surface area contributed by atoms with E-state index in [1.165, 1.54) is 5.56 Å². The van der Waals surface area contributed by atoms with Gasteiger partial charge in [-0.15, -0.1) is 0 Å². The molecule has 0 spiro atoms. The summed E-state index contributed by atoms with van der Waals surface area (Å²) >= 11 is 0. The van der Waals surface area contributed by atoms with Crippen molar-refractivity contribution in [1.82, 2.24) is 4.90 Å². The van der Waals surface area contributed by atoms with Gasteiger partial charge in [0.05, 0.1) is 7.11 Å². The lowest BCUT2D eigenvalue weighted by molar-refractivity contribution is 0.216. The van der Waals surface area contributed by atoms with Gasteiger partial charge in [0.25, 0.3) is 0 Å². The molecule has 0 saturated carbocycles. The van der Waals surface area contributed by atoms with Crippen molar-refractivity contribution in [1.29, 1.82) is 0 Å². The van der Waals surface area contributed by atoms with E-state index in [1.54, 1.807) is 7.11 Å². The SMILES string of the molecule is CCC(CCN)N(C)Cc1ccccc1OC. The lowest BCUT2D eigenvalue weighted by Crippen LogP contribution is -2.32. The Morgan fingerprint density at radius 2 is 2.06 bits per heavy atom. The summed E-state index contributed by atoms with van der Waals surface area (Å²) in [6.07, 6.45) is 2.17. The molecule has 0 aliphatic carbocycles. The van der Waals surface area contributed by atoms with Crippen LogP contribution >= 0.6 is 0 Å². The van der Waals surface area contributed by atoms with E-state index < -0.39 is 0 Å². The van der Waals surface area contributed by atoms with Gasteiger partial charge in [0, 0.05) is 18.2 Å². The molecule has 96 valence electrons. The van der Waals surface area contributed by atoms with Crippen molar-refractivity contribution in [2.45, 2.75) is 32.4 Å². The Labute approximate surface area is 105 Å². The van der Waals surface area contributed by atoms with E-state index in [9.17, 15) is 0 Å². The summed E-state index contributed by atoms with van der Waals surface area (Å²) in [4.78, 5) is 2.35. The quantitative estimate of drug-likeness (QED) is 0.789. The number of rotatable bonds is 7. The van der Waals surface area contributed by atoms with Crippen molar-refractivity contribution in [2.24, 2.45) is 5.73 Å². The van der Waals surface area contributed by atoms with Gasteiger partial charge in [0.15, 0.2) is 0 Å². The molecule has 0 saturated heterocycles. The van der Waals surface area contributed by atoms with E-state index in [4.69, 9.17) is 10.5 Å². The number of nitrogens with two attached hydrogens (primary N) is 1. The number of hydrogen-bond donors (Lipinski definition) is 1. The first kappa shape index (κ1) is 14.0. The minimum atomic E-state index is 0.546. The van der Waals surface area contributed by atoms with E-state index in [0.717, 1.165) is 31.7 Å². The first-order valence-corrected chi connectivity index (χ1v) is 6.25. The summed E-state index contributed by atoms with van der Waals surface area (Å²) < 4.78 is 5.37. The Bertz CT molecular complexity index is 328. The minimum absolute atomic E-state index is 0.546. The molecular weight excluding hydrogens is 212 g/mol. The van der Waals surface area contributed by atoms with Crippen molar-refractivity contribution in [3.63, 3.8) is 0 Å². The monoisotopic (exact) mass is 236 g/mol. The summed E-state index contributed by atoms with van der Waals surface area (Å²) in [6.45, 7) is 3.86. The first-order chi connectivity index (χ1) is 8.22. The lowest BCUT2D eigenvalue weighted by Gasteiger charge is -2.27. The van der Waals surface area contributed by atoms with E-state index in [2.05, 4.69) is 31.0 Å². The molecule has 17 heavy (non-hydrogen) atoms. The average molecular weight is 236 g/mol. The molecule has 1 aromatic carbocycles. The molecule has 1 atom stereocenters. The van der Waals surface area contributed by atoms with Crippen LogP contribution in [0.25, 0.3) is 0 Å². The number of para-hydroxylation sites is 1. The van der Waals surface area contributed by atoms with Crippen LogP contribution in [0.4, 0.5) is 0 Å². The van der Waals surface area contributed by atoms with Crippen molar-refractivity contribution in [3.05, 3.63) is 29.8 Å². The van der Waals surface area contributed by atoms with Crippen LogP contribution < -0.4 is 10.5 Å². The Morgan fingerprint density at radius 1 is 1.35 bits per heavy atom. The van der Waals surface area contributed by atoms with Gasteiger partial charge in [-0.1, -0.05) is 25.1 Å². The zero-order valence-corrected chi connectivity index (χ0v) is 11.1. The smallest absolute Gasteiger partial charge is 0.123 e. The van der Waals surface area contributed by atoms with Crippen LogP contribution in [0.1, 0.15) is 25.3 Å². The largest absolute Gasteiger partial charge is 0.496 e. The second-order valence-electron chi connectivity index (χ2n) is 4.37. The van der Waals surface area contributed by atoms with Crippen molar-refractivity contribution >= 4 is 0 Å². The maximum atomic E-state index is 5.64. The summed E-state index contributed by atoms with van der Waals surface area (Å²) in [5, 5.41) is 0. The predicted molar refractivity (Wildman–Crippen MR) is 72.2 cm³/mol. The highest BCUT2D eigenvalue weighted by Gasteiger charge is 2.13. The number of benzene rings is 1. The number of hydrogen-bond acceptors (Lipinski definition) is 3. The Kier molecular flexibility index (Phi) is 6.01. The molecule has 2 N–H and O–H groups in total. The second-order valence-corrected chi connectivity index (χ2v) is 4.37. The molecule has 0 fully saturated rings. The predicted octanol–water partition coefficient (Wildman–Crippen LogP) is 2.25. The highest BCUT2D eigenvalue weighted by atomic mass is 16.5. The molecule has 0 aromatic heterocycles. The Hall–Kier alpha value is -1.06. The van der Waals surface area contributed by atoms with Gasteiger partial charge < -0.3 is 10.5 Å².